The molecule has 0 saturated carbocycles. The molecule has 0 saturated heterocycles. The van der Waals surface area contributed by atoms with Gasteiger partial charge in [-0.15, -0.1) is 0 Å². The molecule has 0 aliphatic heterocycles. The summed E-state index contributed by atoms with van der Waals surface area (Å²) in [4.78, 5) is 24.9. The number of amides is 1. The minimum atomic E-state index is -0.449. The standard InChI is InChI=1S/C24H25N3O4/c1-31-17-16-26(24(28)14-11-20-9-12-22(13-10-20)27(29)30)19-23-8-5-15-25(23)18-21-6-3-2-4-7-21/h2-15H,16-19H2,1H3/b14-11+. The average molecular weight is 419 g/mol. The molecule has 0 spiro atoms. The predicted octanol–water partition coefficient (Wildman–Crippen LogP) is 4.13. The minimum Gasteiger partial charge on any atom is -0.383 e. The number of rotatable bonds is 10. The molecule has 1 heterocycles. The van der Waals surface area contributed by atoms with E-state index in [1.54, 1.807) is 30.2 Å². The Kier molecular flexibility index (Phi) is 7.73. The third-order valence-electron chi connectivity index (χ3n) is 4.87. The number of carbonyl (C=O) groups is 1. The number of aromatic nitrogens is 1. The first kappa shape index (κ1) is 22.0. The smallest absolute Gasteiger partial charge is 0.269 e. The first-order valence-corrected chi connectivity index (χ1v) is 9.95. The number of benzene rings is 2. The van der Waals surface area contributed by atoms with Crippen molar-refractivity contribution in [1.29, 1.82) is 0 Å². The molecule has 0 unspecified atom stereocenters. The number of hydrogen-bond donors (Lipinski definition) is 0. The van der Waals surface area contributed by atoms with Gasteiger partial charge in [0, 0.05) is 50.3 Å². The van der Waals surface area contributed by atoms with Gasteiger partial charge in [0.1, 0.15) is 0 Å². The number of carbonyl (C=O) groups excluding carboxylic acids is 1. The average Bonchev–Trinajstić information content (AvgIpc) is 3.22. The second kappa shape index (κ2) is 10.9. The lowest BCUT2D eigenvalue weighted by molar-refractivity contribution is -0.384. The van der Waals surface area contributed by atoms with Crippen molar-refractivity contribution in [3.8, 4) is 0 Å². The quantitative estimate of drug-likeness (QED) is 0.281. The van der Waals surface area contributed by atoms with Crippen LogP contribution in [-0.2, 0) is 22.6 Å². The Bertz CT molecular complexity index is 1030. The molecule has 31 heavy (non-hydrogen) atoms. The van der Waals surface area contributed by atoms with Gasteiger partial charge in [-0.2, -0.15) is 0 Å². The van der Waals surface area contributed by atoms with Crippen molar-refractivity contribution in [2.24, 2.45) is 0 Å². The van der Waals surface area contributed by atoms with Gasteiger partial charge in [0.2, 0.25) is 5.91 Å². The maximum Gasteiger partial charge on any atom is 0.269 e. The molecule has 1 aromatic heterocycles. The van der Waals surface area contributed by atoms with Crippen molar-refractivity contribution in [2.45, 2.75) is 13.1 Å². The summed E-state index contributed by atoms with van der Waals surface area (Å²) in [5.74, 6) is -0.150. The molecule has 0 aliphatic rings. The normalized spacial score (nSPS) is 11.0. The number of nitro groups is 1. The summed E-state index contributed by atoms with van der Waals surface area (Å²) >= 11 is 0. The van der Waals surface area contributed by atoms with Crippen molar-refractivity contribution in [1.82, 2.24) is 9.47 Å². The fourth-order valence-corrected chi connectivity index (χ4v) is 3.17. The van der Waals surface area contributed by atoms with Crippen LogP contribution in [0.15, 0.2) is 79.0 Å². The summed E-state index contributed by atoms with van der Waals surface area (Å²) in [6.45, 7) is 2.06. The van der Waals surface area contributed by atoms with E-state index in [0.29, 0.717) is 19.7 Å². The lowest BCUT2D eigenvalue weighted by Crippen LogP contribution is -2.33. The van der Waals surface area contributed by atoms with Gasteiger partial charge in [0.05, 0.1) is 18.1 Å². The Hall–Kier alpha value is -3.71. The molecule has 2 aromatic carbocycles. The summed E-state index contributed by atoms with van der Waals surface area (Å²) < 4.78 is 7.30. The van der Waals surface area contributed by atoms with E-state index < -0.39 is 4.92 Å². The molecule has 0 bridgehead atoms. The monoisotopic (exact) mass is 419 g/mol. The number of methoxy groups -OCH3 is 1. The van der Waals surface area contributed by atoms with E-state index in [1.807, 2.05) is 36.5 Å². The van der Waals surface area contributed by atoms with Gasteiger partial charge in [-0.1, -0.05) is 30.3 Å². The molecule has 0 radical (unpaired) electrons. The van der Waals surface area contributed by atoms with Crippen LogP contribution in [0, 0.1) is 10.1 Å². The molecule has 7 nitrogen and oxygen atoms in total. The van der Waals surface area contributed by atoms with Crippen LogP contribution in [0.1, 0.15) is 16.8 Å². The molecule has 160 valence electrons. The Labute approximate surface area is 181 Å². The zero-order valence-electron chi connectivity index (χ0n) is 17.4. The Balaban J connectivity index is 1.70. The minimum absolute atomic E-state index is 0.0179. The molecule has 3 rings (SSSR count). The first-order chi connectivity index (χ1) is 15.1. The number of hydrogen-bond acceptors (Lipinski definition) is 4. The number of nitrogens with zero attached hydrogens (tertiary/aromatic N) is 3. The SMILES string of the molecule is COCCN(Cc1cccn1Cc1ccccc1)C(=O)/C=C/c1ccc([N+](=O)[O-])cc1. The number of non-ortho nitro benzene ring substituents is 1. The summed E-state index contributed by atoms with van der Waals surface area (Å²) in [5.41, 5.74) is 2.95. The maximum absolute atomic E-state index is 12.9. The lowest BCUT2D eigenvalue weighted by Gasteiger charge is -2.22. The van der Waals surface area contributed by atoms with Crippen LogP contribution in [0.3, 0.4) is 0 Å². The van der Waals surface area contributed by atoms with Gasteiger partial charge < -0.3 is 14.2 Å². The molecular weight excluding hydrogens is 394 g/mol. The molecule has 0 N–H and O–H groups in total. The molecule has 0 atom stereocenters. The van der Waals surface area contributed by atoms with Gasteiger partial charge >= 0.3 is 0 Å². The van der Waals surface area contributed by atoms with Gasteiger partial charge in [0.25, 0.3) is 5.69 Å². The Morgan fingerprint density at radius 1 is 1.10 bits per heavy atom. The highest BCUT2D eigenvalue weighted by molar-refractivity contribution is 5.91. The zero-order valence-corrected chi connectivity index (χ0v) is 17.4. The molecule has 7 heteroatoms. The topological polar surface area (TPSA) is 77.6 Å². The fraction of sp³-hybridized carbons (Fsp3) is 0.208. The van der Waals surface area contributed by atoms with Gasteiger partial charge in [-0.05, 0) is 41.5 Å². The van der Waals surface area contributed by atoms with Gasteiger partial charge in [0.15, 0.2) is 0 Å². The lowest BCUT2D eigenvalue weighted by atomic mass is 10.2. The molecule has 0 aliphatic carbocycles. The zero-order chi connectivity index (χ0) is 22.1. The summed E-state index contributed by atoms with van der Waals surface area (Å²) in [7, 11) is 1.60. The van der Waals surface area contributed by atoms with Crippen LogP contribution in [0.4, 0.5) is 5.69 Å². The summed E-state index contributed by atoms with van der Waals surface area (Å²) in [5, 5.41) is 10.8. The van der Waals surface area contributed by atoms with E-state index in [0.717, 1.165) is 17.8 Å². The van der Waals surface area contributed by atoms with Crippen molar-refractivity contribution in [3.05, 3.63) is 106 Å². The van der Waals surface area contributed by atoms with Crippen LogP contribution >= 0.6 is 0 Å². The number of nitro benzene ring substituents is 1. The van der Waals surface area contributed by atoms with Crippen molar-refractivity contribution >= 4 is 17.7 Å². The summed E-state index contributed by atoms with van der Waals surface area (Å²) in [6, 6.07) is 20.2. The molecule has 1 amide bonds. The molecular formula is C24H25N3O4. The maximum atomic E-state index is 12.9. The van der Waals surface area contributed by atoms with Gasteiger partial charge in [-0.25, -0.2) is 0 Å². The van der Waals surface area contributed by atoms with E-state index in [9.17, 15) is 14.9 Å². The first-order valence-electron chi connectivity index (χ1n) is 9.95. The largest absolute Gasteiger partial charge is 0.383 e. The number of ether oxygens (including phenoxy) is 1. The van der Waals surface area contributed by atoms with Crippen molar-refractivity contribution in [2.75, 3.05) is 20.3 Å². The molecule has 3 aromatic rings. The van der Waals surface area contributed by atoms with Crippen LogP contribution < -0.4 is 0 Å². The van der Waals surface area contributed by atoms with E-state index in [4.69, 9.17) is 4.74 Å². The highest BCUT2D eigenvalue weighted by Gasteiger charge is 2.14. The van der Waals surface area contributed by atoms with Crippen LogP contribution in [-0.4, -0.2) is 40.6 Å². The third kappa shape index (κ3) is 6.38. The van der Waals surface area contributed by atoms with Crippen LogP contribution in [0.25, 0.3) is 6.08 Å². The molecule has 0 fully saturated rings. The highest BCUT2D eigenvalue weighted by Crippen LogP contribution is 2.14. The second-order valence-electron chi connectivity index (χ2n) is 7.05. The van der Waals surface area contributed by atoms with E-state index >= 15 is 0 Å². The van der Waals surface area contributed by atoms with Crippen LogP contribution in [0.5, 0.6) is 0 Å². The van der Waals surface area contributed by atoms with E-state index in [-0.39, 0.29) is 11.6 Å². The van der Waals surface area contributed by atoms with Gasteiger partial charge in [-0.3, -0.25) is 14.9 Å². The predicted molar refractivity (Wildman–Crippen MR) is 119 cm³/mol. The van der Waals surface area contributed by atoms with E-state index in [1.165, 1.54) is 23.8 Å². The highest BCUT2D eigenvalue weighted by atomic mass is 16.6. The van der Waals surface area contributed by atoms with E-state index in [2.05, 4.69) is 16.7 Å². The Morgan fingerprint density at radius 3 is 2.52 bits per heavy atom. The van der Waals surface area contributed by atoms with Crippen molar-refractivity contribution in [3.63, 3.8) is 0 Å². The van der Waals surface area contributed by atoms with Crippen molar-refractivity contribution < 1.29 is 14.5 Å². The fourth-order valence-electron chi connectivity index (χ4n) is 3.17. The third-order valence-corrected chi connectivity index (χ3v) is 4.87. The van der Waals surface area contributed by atoms with Crippen LogP contribution in [0.2, 0.25) is 0 Å². The summed E-state index contributed by atoms with van der Waals surface area (Å²) in [6.07, 6.45) is 5.16. The second-order valence-corrected chi connectivity index (χ2v) is 7.05. The Morgan fingerprint density at radius 2 is 1.84 bits per heavy atom.